The van der Waals surface area contributed by atoms with Gasteiger partial charge in [-0.3, -0.25) is 9.44 Å². The first-order valence-corrected chi connectivity index (χ1v) is 12.8. The molecule has 0 radical (unpaired) electrons. The number of sulfonamides is 2. The third-order valence-electron chi connectivity index (χ3n) is 4.12. The molecule has 0 saturated carbocycles. The molecular formula is C19H12Cl3F3N2O4S2. The molecule has 0 unspecified atom stereocenters. The second-order valence-electron chi connectivity index (χ2n) is 6.50. The summed E-state index contributed by atoms with van der Waals surface area (Å²) in [5.74, 6) is 0. The summed E-state index contributed by atoms with van der Waals surface area (Å²) < 4.78 is 93.5. The minimum absolute atomic E-state index is 0.0100. The maximum absolute atomic E-state index is 13.0. The van der Waals surface area contributed by atoms with E-state index in [0.29, 0.717) is 6.07 Å². The van der Waals surface area contributed by atoms with Crippen molar-refractivity contribution in [2.45, 2.75) is 16.0 Å². The van der Waals surface area contributed by atoms with Crippen LogP contribution in [-0.4, -0.2) is 16.8 Å². The first-order chi connectivity index (χ1) is 15.2. The molecule has 6 nitrogen and oxygen atoms in total. The second-order valence-corrected chi connectivity index (χ2v) is 11.1. The lowest BCUT2D eigenvalue weighted by atomic mass is 10.2. The number of nitrogens with one attached hydrogen (secondary N) is 2. The molecule has 0 saturated heterocycles. The van der Waals surface area contributed by atoms with E-state index in [2.05, 4.69) is 4.72 Å². The van der Waals surface area contributed by atoms with Crippen LogP contribution in [0.3, 0.4) is 0 Å². The van der Waals surface area contributed by atoms with Gasteiger partial charge in [0, 0.05) is 16.4 Å². The van der Waals surface area contributed by atoms with Crippen molar-refractivity contribution in [1.82, 2.24) is 0 Å². The van der Waals surface area contributed by atoms with Gasteiger partial charge in [-0.15, -0.1) is 0 Å². The molecule has 33 heavy (non-hydrogen) atoms. The summed E-state index contributed by atoms with van der Waals surface area (Å²) >= 11 is 17.3. The van der Waals surface area contributed by atoms with E-state index < -0.39 is 36.8 Å². The molecule has 0 aromatic heterocycles. The molecule has 14 heteroatoms. The van der Waals surface area contributed by atoms with Crippen LogP contribution in [0.4, 0.5) is 24.5 Å². The zero-order chi connectivity index (χ0) is 24.6. The molecule has 0 aliphatic heterocycles. The lowest BCUT2D eigenvalue weighted by Gasteiger charge is -2.13. The first-order valence-electron chi connectivity index (χ1n) is 8.66. The van der Waals surface area contributed by atoms with Crippen molar-refractivity contribution in [2.75, 3.05) is 9.44 Å². The number of hydrogen-bond donors (Lipinski definition) is 2. The number of benzene rings is 3. The third-order valence-corrected chi connectivity index (χ3v) is 7.95. The highest BCUT2D eigenvalue weighted by atomic mass is 35.5. The Balaban J connectivity index is 1.83. The Kier molecular flexibility index (Phi) is 7.11. The van der Waals surface area contributed by atoms with Crippen LogP contribution in [0.2, 0.25) is 15.1 Å². The highest BCUT2D eigenvalue weighted by Crippen LogP contribution is 2.36. The van der Waals surface area contributed by atoms with E-state index in [9.17, 15) is 30.0 Å². The van der Waals surface area contributed by atoms with Crippen molar-refractivity contribution >= 4 is 66.2 Å². The van der Waals surface area contributed by atoms with Crippen LogP contribution in [0.25, 0.3) is 0 Å². The highest BCUT2D eigenvalue weighted by molar-refractivity contribution is 7.93. The van der Waals surface area contributed by atoms with Crippen molar-refractivity contribution in [1.29, 1.82) is 0 Å². The van der Waals surface area contributed by atoms with E-state index in [1.54, 1.807) is 0 Å². The Morgan fingerprint density at radius 3 is 1.82 bits per heavy atom. The summed E-state index contributed by atoms with van der Waals surface area (Å²) in [6, 6.07) is 10.9. The molecule has 0 fully saturated rings. The first kappa shape index (κ1) is 25.4. The fourth-order valence-corrected chi connectivity index (χ4v) is 5.71. The van der Waals surface area contributed by atoms with E-state index in [-0.39, 0.29) is 31.2 Å². The molecular weight excluding hydrogens is 548 g/mol. The van der Waals surface area contributed by atoms with E-state index in [4.69, 9.17) is 34.8 Å². The van der Waals surface area contributed by atoms with E-state index in [1.165, 1.54) is 12.1 Å². The van der Waals surface area contributed by atoms with Gasteiger partial charge in [0.1, 0.15) is 4.90 Å². The molecule has 2 N–H and O–H groups in total. The summed E-state index contributed by atoms with van der Waals surface area (Å²) in [7, 11) is -8.43. The van der Waals surface area contributed by atoms with Crippen LogP contribution < -0.4 is 9.44 Å². The van der Waals surface area contributed by atoms with Gasteiger partial charge in [0.15, 0.2) is 0 Å². The van der Waals surface area contributed by atoms with Gasteiger partial charge in [-0.05, 0) is 60.7 Å². The fraction of sp³-hybridized carbons (Fsp3) is 0.0526. The van der Waals surface area contributed by atoms with Gasteiger partial charge >= 0.3 is 6.18 Å². The molecule has 0 bridgehead atoms. The summed E-state index contributed by atoms with van der Waals surface area (Å²) in [4.78, 5) is -0.604. The average molecular weight is 560 g/mol. The van der Waals surface area contributed by atoms with E-state index in [0.717, 1.165) is 42.5 Å². The lowest BCUT2D eigenvalue weighted by Crippen LogP contribution is -2.15. The number of rotatable bonds is 6. The van der Waals surface area contributed by atoms with Gasteiger partial charge in [-0.1, -0.05) is 34.8 Å². The van der Waals surface area contributed by atoms with Crippen LogP contribution in [0.15, 0.2) is 70.5 Å². The Bertz CT molecular complexity index is 1410. The van der Waals surface area contributed by atoms with Gasteiger partial charge in [0.05, 0.1) is 20.5 Å². The predicted molar refractivity (Wildman–Crippen MR) is 121 cm³/mol. The largest absolute Gasteiger partial charge is 0.417 e. The van der Waals surface area contributed by atoms with Crippen LogP contribution in [0, 0.1) is 0 Å². The van der Waals surface area contributed by atoms with Crippen molar-refractivity contribution in [3.05, 3.63) is 81.3 Å². The predicted octanol–water partition coefficient (Wildman–Crippen LogP) is 6.27. The van der Waals surface area contributed by atoms with Crippen LogP contribution in [0.5, 0.6) is 0 Å². The molecule has 0 aliphatic carbocycles. The van der Waals surface area contributed by atoms with Crippen LogP contribution in [-0.2, 0) is 26.2 Å². The molecule has 3 rings (SSSR count). The average Bonchev–Trinajstić information content (AvgIpc) is 2.70. The van der Waals surface area contributed by atoms with E-state index in [1.807, 2.05) is 4.72 Å². The molecule has 0 heterocycles. The van der Waals surface area contributed by atoms with Gasteiger partial charge in [0.2, 0.25) is 0 Å². The van der Waals surface area contributed by atoms with Crippen molar-refractivity contribution in [3.8, 4) is 0 Å². The standard InChI is InChI=1S/C19H12Cl3F3N2O4S2/c20-11-1-7-17(22)18(9-11)33(30,31)26-12-2-5-14(6-3-12)32(28,29)27-13-4-8-16(21)15(10-13)19(23,24)25/h1-10,26-27H. The fourth-order valence-electron chi connectivity index (χ4n) is 2.62. The monoisotopic (exact) mass is 558 g/mol. The SMILES string of the molecule is O=S(=O)(Nc1ccc(Cl)c(C(F)(F)F)c1)c1ccc(NS(=O)(=O)c2cc(Cl)ccc2Cl)cc1. The Hall–Kier alpha value is -2.18. The summed E-state index contributed by atoms with van der Waals surface area (Å²) in [6.45, 7) is 0. The minimum atomic E-state index is -4.77. The lowest BCUT2D eigenvalue weighted by molar-refractivity contribution is -0.137. The topological polar surface area (TPSA) is 92.3 Å². The van der Waals surface area contributed by atoms with Crippen molar-refractivity contribution < 1.29 is 30.0 Å². The molecule has 0 aliphatic rings. The van der Waals surface area contributed by atoms with Gasteiger partial charge in [-0.25, -0.2) is 16.8 Å². The second kappa shape index (κ2) is 9.22. The van der Waals surface area contributed by atoms with Crippen molar-refractivity contribution in [2.24, 2.45) is 0 Å². The molecule has 3 aromatic rings. The molecule has 3 aromatic carbocycles. The normalized spacial score (nSPS) is 12.4. The Morgan fingerprint density at radius 2 is 1.21 bits per heavy atom. The highest BCUT2D eigenvalue weighted by Gasteiger charge is 2.33. The number of alkyl halides is 3. The maximum Gasteiger partial charge on any atom is 0.417 e. The molecule has 0 atom stereocenters. The smallest absolute Gasteiger partial charge is 0.280 e. The third kappa shape index (κ3) is 6.04. The summed E-state index contributed by atoms with van der Waals surface area (Å²) in [6.07, 6.45) is -4.77. The zero-order valence-corrected chi connectivity index (χ0v) is 19.9. The quantitative estimate of drug-likeness (QED) is 0.372. The Labute approximate surface area is 202 Å². The number of halogens is 6. The van der Waals surface area contributed by atoms with E-state index >= 15 is 0 Å². The molecule has 0 spiro atoms. The van der Waals surface area contributed by atoms with Gasteiger partial charge < -0.3 is 0 Å². The van der Waals surface area contributed by atoms with Crippen LogP contribution >= 0.6 is 34.8 Å². The number of hydrogen-bond acceptors (Lipinski definition) is 4. The minimum Gasteiger partial charge on any atom is -0.280 e. The molecule has 176 valence electrons. The van der Waals surface area contributed by atoms with Crippen LogP contribution in [0.1, 0.15) is 5.56 Å². The van der Waals surface area contributed by atoms with Gasteiger partial charge in [0.25, 0.3) is 20.0 Å². The molecule has 0 amide bonds. The van der Waals surface area contributed by atoms with Gasteiger partial charge in [-0.2, -0.15) is 13.2 Å². The summed E-state index contributed by atoms with van der Waals surface area (Å²) in [5, 5.41) is -0.512. The maximum atomic E-state index is 13.0. The number of anilines is 2. The Morgan fingerprint density at radius 1 is 0.667 bits per heavy atom. The summed E-state index contributed by atoms with van der Waals surface area (Å²) in [5.41, 5.74) is -1.54. The van der Waals surface area contributed by atoms with Crippen molar-refractivity contribution in [3.63, 3.8) is 0 Å². The zero-order valence-electron chi connectivity index (χ0n) is 16.0.